The lowest BCUT2D eigenvalue weighted by Gasteiger charge is -2.34. The molecule has 0 saturated carbocycles. The Morgan fingerprint density at radius 2 is 1.57 bits per heavy atom. The molecule has 2 aromatic carbocycles. The summed E-state index contributed by atoms with van der Waals surface area (Å²) in [7, 11) is 0. The Balaban J connectivity index is 1.54. The molecule has 0 aromatic heterocycles. The molecule has 0 unspecified atom stereocenters. The summed E-state index contributed by atoms with van der Waals surface area (Å²) >= 11 is 5.90. The predicted molar refractivity (Wildman–Crippen MR) is 90.7 cm³/mol. The van der Waals surface area contributed by atoms with Crippen molar-refractivity contribution in [3.63, 3.8) is 0 Å². The van der Waals surface area contributed by atoms with Crippen molar-refractivity contribution < 1.29 is 9.90 Å². The number of rotatable bonds is 3. The van der Waals surface area contributed by atoms with Crippen molar-refractivity contribution in [1.29, 1.82) is 0 Å². The lowest BCUT2D eigenvalue weighted by molar-refractivity contribution is 0.0628. The Labute approximate surface area is 140 Å². The van der Waals surface area contributed by atoms with Crippen molar-refractivity contribution in [2.24, 2.45) is 0 Å². The zero-order valence-electron chi connectivity index (χ0n) is 12.8. The summed E-state index contributed by atoms with van der Waals surface area (Å²) in [6.45, 7) is 4.01. The lowest BCUT2D eigenvalue weighted by Crippen LogP contribution is -2.48. The number of carbonyl (C=O) groups is 1. The number of hydrogen-bond donors (Lipinski definition) is 1. The minimum atomic E-state index is 0.0242. The van der Waals surface area contributed by atoms with E-state index in [9.17, 15) is 9.90 Å². The van der Waals surface area contributed by atoms with Crippen LogP contribution in [0.1, 0.15) is 15.9 Å². The van der Waals surface area contributed by atoms with E-state index in [-0.39, 0.29) is 11.7 Å². The van der Waals surface area contributed by atoms with Gasteiger partial charge in [-0.15, -0.1) is 0 Å². The van der Waals surface area contributed by atoms with Crippen LogP contribution in [0.2, 0.25) is 5.02 Å². The van der Waals surface area contributed by atoms with E-state index in [1.807, 2.05) is 29.2 Å². The van der Waals surface area contributed by atoms with Crippen molar-refractivity contribution >= 4 is 17.5 Å². The Morgan fingerprint density at radius 1 is 0.957 bits per heavy atom. The van der Waals surface area contributed by atoms with E-state index >= 15 is 0 Å². The largest absolute Gasteiger partial charge is 0.508 e. The van der Waals surface area contributed by atoms with E-state index in [4.69, 9.17) is 11.6 Å². The molecule has 0 radical (unpaired) electrons. The Kier molecular flexibility index (Phi) is 4.84. The van der Waals surface area contributed by atoms with Gasteiger partial charge < -0.3 is 10.0 Å². The third-order valence-corrected chi connectivity index (χ3v) is 4.35. The summed E-state index contributed by atoms with van der Waals surface area (Å²) in [5.41, 5.74) is 1.85. The molecule has 0 aliphatic carbocycles. The van der Waals surface area contributed by atoms with Gasteiger partial charge in [-0.2, -0.15) is 0 Å². The first kappa shape index (κ1) is 15.8. The van der Waals surface area contributed by atoms with E-state index < -0.39 is 0 Å². The predicted octanol–water partition coefficient (Wildman–Crippen LogP) is 3.00. The Bertz CT molecular complexity index is 662. The molecule has 0 atom stereocenters. The van der Waals surface area contributed by atoms with Gasteiger partial charge in [-0.25, -0.2) is 0 Å². The topological polar surface area (TPSA) is 43.8 Å². The number of hydrogen-bond acceptors (Lipinski definition) is 3. The molecular weight excluding hydrogens is 312 g/mol. The molecule has 1 N–H and O–H groups in total. The van der Waals surface area contributed by atoms with E-state index in [1.165, 1.54) is 5.56 Å². The molecule has 1 saturated heterocycles. The maximum Gasteiger partial charge on any atom is 0.253 e. The van der Waals surface area contributed by atoms with Crippen molar-refractivity contribution in [2.75, 3.05) is 26.2 Å². The zero-order valence-corrected chi connectivity index (χ0v) is 13.5. The average molecular weight is 331 g/mol. The number of amides is 1. The number of phenols is 1. The minimum Gasteiger partial charge on any atom is -0.508 e. The number of aromatic hydroxyl groups is 1. The summed E-state index contributed by atoms with van der Waals surface area (Å²) < 4.78 is 0. The van der Waals surface area contributed by atoms with Crippen LogP contribution in [0.3, 0.4) is 0 Å². The van der Waals surface area contributed by atoms with Gasteiger partial charge in [0, 0.05) is 43.3 Å². The Hall–Kier alpha value is -2.04. The Morgan fingerprint density at radius 3 is 2.17 bits per heavy atom. The number of carbonyl (C=O) groups excluding carboxylic acids is 1. The maximum absolute atomic E-state index is 12.4. The molecule has 1 fully saturated rings. The number of nitrogens with zero attached hydrogens (tertiary/aromatic N) is 2. The molecule has 0 bridgehead atoms. The smallest absolute Gasteiger partial charge is 0.253 e. The quantitative estimate of drug-likeness (QED) is 0.941. The molecule has 120 valence electrons. The number of benzene rings is 2. The van der Waals surface area contributed by atoms with Crippen molar-refractivity contribution in [3.8, 4) is 5.75 Å². The van der Waals surface area contributed by atoms with Crippen LogP contribution in [0, 0.1) is 0 Å². The number of piperazine rings is 1. The standard InChI is InChI=1S/C18H19ClN2O2/c19-16-5-1-14(2-6-16)13-20-9-11-21(12-10-20)18(23)15-3-7-17(22)8-4-15/h1-8,22H,9-13H2. The van der Waals surface area contributed by atoms with Gasteiger partial charge in [0.1, 0.15) is 5.75 Å². The van der Waals surface area contributed by atoms with Crippen LogP contribution in [0.5, 0.6) is 5.75 Å². The first-order chi connectivity index (χ1) is 11.1. The molecule has 4 nitrogen and oxygen atoms in total. The fourth-order valence-electron chi connectivity index (χ4n) is 2.74. The van der Waals surface area contributed by atoms with Crippen LogP contribution >= 0.6 is 11.6 Å². The highest BCUT2D eigenvalue weighted by Crippen LogP contribution is 2.15. The molecule has 3 rings (SSSR count). The SMILES string of the molecule is O=C(c1ccc(O)cc1)N1CCN(Cc2ccc(Cl)cc2)CC1. The van der Waals surface area contributed by atoms with Crippen LogP contribution in [0.15, 0.2) is 48.5 Å². The van der Waals surface area contributed by atoms with Crippen LogP contribution < -0.4 is 0 Å². The summed E-state index contributed by atoms with van der Waals surface area (Å²) in [6, 6.07) is 14.3. The summed E-state index contributed by atoms with van der Waals surface area (Å²) in [4.78, 5) is 16.6. The van der Waals surface area contributed by atoms with Gasteiger partial charge in [0.2, 0.25) is 0 Å². The van der Waals surface area contributed by atoms with Crippen LogP contribution in [-0.4, -0.2) is 47.0 Å². The zero-order chi connectivity index (χ0) is 16.2. The minimum absolute atomic E-state index is 0.0242. The van der Waals surface area contributed by atoms with E-state index in [0.29, 0.717) is 18.7 Å². The van der Waals surface area contributed by atoms with Gasteiger partial charge in [-0.05, 0) is 42.0 Å². The van der Waals surface area contributed by atoms with Gasteiger partial charge in [-0.1, -0.05) is 23.7 Å². The van der Waals surface area contributed by atoms with Crippen molar-refractivity contribution in [3.05, 3.63) is 64.7 Å². The van der Waals surface area contributed by atoms with Gasteiger partial charge in [-0.3, -0.25) is 9.69 Å². The second-order valence-corrected chi connectivity index (χ2v) is 6.18. The summed E-state index contributed by atoms with van der Waals surface area (Å²) in [5.74, 6) is 0.200. The molecule has 23 heavy (non-hydrogen) atoms. The number of phenolic OH excluding ortho intramolecular Hbond substituents is 1. The molecular formula is C18H19ClN2O2. The van der Waals surface area contributed by atoms with Gasteiger partial charge in [0.05, 0.1) is 0 Å². The van der Waals surface area contributed by atoms with Crippen molar-refractivity contribution in [2.45, 2.75) is 6.54 Å². The second-order valence-electron chi connectivity index (χ2n) is 5.74. The highest BCUT2D eigenvalue weighted by Gasteiger charge is 2.22. The molecule has 1 aliphatic heterocycles. The highest BCUT2D eigenvalue weighted by molar-refractivity contribution is 6.30. The molecule has 1 aliphatic rings. The molecule has 5 heteroatoms. The second kappa shape index (κ2) is 7.02. The number of halogens is 1. The summed E-state index contributed by atoms with van der Waals surface area (Å²) in [5, 5.41) is 10.0. The molecule has 0 spiro atoms. The van der Waals surface area contributed by atoms with Gasteiger partial charge >= 0.3 is 0 Å². The van der Waals surface area contributed by atoms with Gasteiger partial charge in [0.15, 0.2) is 0 Å². The fourth-order valence-corrected chi connectivity index (χ4v) is 2.87. The summed E-state index contributed by atoms with van der Waals surface area (Å²) in [6.07, 6.45) is 0. The van der Waals surface area contributed by atoms with Crippen molar-refractivity contribution in [1.82, 2.24) is 9.80 Å². The highest BCUT2D eigenvalue weighted by atomic mass is 35.5. The first-order valence-electron chi connectivity index (χ1n) is 7.67. The molecule has 1 heterocycles. The first-order valence-corrected chi connectivity index (χ1v) is 8.05. The van der Waals surface area contributed by atoms with Crippen LogP contribution in [-0.2, 0) is 6.54 Å². The third-order valence-electron chi connectivity index (χ3n) is 4.09. The van der Waals surface area contributed by atoms with E-state index in [0.717, 1.165) is 24.7 Å². The maximum atomic E-state index is 12.4. The monoisotopic (exact) mass is 330 g/mol. The lowest BCUT2D eigenvalue weighted by atomic mass is 10.1. The molecule has 1 amide bonds. The average Bonchev–Trinajstić information content (AvgIpc) is 2.58. The van der Waals surface area contributed by atoms with Crippen LogP contribution in [0.4, 0.5) is 0 Å². The van der Waals surface area contributed by atoms with E-state index in [2.05, 4.69) is 4.90 Å². The van der Waals surface area contributed by atoms with E-state index in [1.54, 1.807) is 24.3 Å². The molecule has 2 aromatic rings. The van der Waals surface area contributed by atoms with Crippen LogP contribution in [0.25, 0.3) is 0 Å². The fraction of sp³-hybridized carbons (Fsp3) is 0.278. The normalized spacial score (nSPS) is 15.6. The third kappa shape index (κ3) is 4.03. The van der Waals surface area contributed by atoms with Gasteiger partial charge in [0.25, 0.3) is 5.91 Å².